The summed E-state index contributed by atoms with van der Waals surface area (Å²) in [6, 6.07) is 4.25. The molecule has 0 bridgehead atoms. The van der Waals surface area contributed by atoms with E-state index in [9.17, 15) is 31.9 Å². The Morgan fingerprint density at radius 2 is 1.93 bits per heavy atom. The van der Waals surface area contributed by atoms with Crippen molar-refractivity contribution in [3.05, 3.63) is 46.7 Å². The second-order valence-corrected chi connectivity index (χ2v) is 8.61. The number of benzene rings is 1. The number of carbonyl (C=O) groups excluding carboxylic acids is 1. The van der Waals surface area contributed by atoms with Gasteiger partial charge in [-0.15, -0.1) is 0 Å². The van der Waals surface area contributed by atoms with Crippen molar-refractivity contribution in [1.82, 2.24) is 14.8 Å². The molecule has 0 spiro atoms. The Bertz CT molecular complexity index is 791. The number of rotatable bonds is 8. The van der Waals surface area contributed by atoms with Crippen LogP contribution in [0.25, 0.3) is 0 Å². The van der Waals surface area contributed by atoms with Crippen molar-refractivity contribution >= 4 is 44.7 Å². The van der Waals surface area contributed by atoms with E-state index < -0.39 is 56.1 Å². The number of nitrogens with zero attached hydrogens (tertiary/aromatic N) is 2. The molecule has 6 N–H and O–H groups in total. The van der Waals surface area contributed by atoms with Crippen LogP contribution >= 0.6 is 31.5 Å². The number of hydrogen-bond acceptors (Lipinski definition) is 6. The zero-order chi connectivity index (χ0) is 22.7. The number of hydrogen-bond donors (Lipinski definition) is 4. The number of alkyl halides is 6. The molecule has 0 aliphatic carbocycles. The maximum Gasteiger partial charge on any atom is 0.416 e. The molecule has 2 rings (SSSR count). The molecule has 30 heavy (non-hydrogen) atoms. The molecular weight excluding hydrogens is 546 g/mol. The summed E-state index contributed by atoms with van der Waals surface area (Å²) in [5.74, 6) is 2.18. The zero-order valence-electron chi connectivity index (χ0n) is 15.3. The summed E-state index contributed by atoms with van der Waals surface area (Å²) < 4.78 is 64.4. The number of aliphatic hydroxyl groups is 1. The van der Waals surface area contributed by atoms with Gasteiger partial charge in [0.15, 0.2) is 7.28 Å². The maximum atomic E-state index is 12.9. The smallest absolute Gasteiger partial charge is 0.405 e. The quantitative estimate of drug-likeness (QED) is 0.0441. The number of carbonyl (C=O) groups is 1. The highest BCUT2D eigenvalue weighted by Gasteiger charge is 2.44. The van der Waals surface area contributed by atoms with Gasteiger partial charge in [0.2, 0.25) is 5.91 Å². The van der Waals surface area contributed by atoms with E-state index in [2.05, 4.69) is 5.09 Å². The lowest BCUT2D eigenvalue weighted by atomic mass is 9.70. The third-order valence-corrected chi connectivity index (χ3v) is 6.31. The van der Waals surface area contributed by atoms with Crippen LogP contribution in [0.15, 0.2) is 35.6 Å². The predicted molar refractivity (Wildman–Crippen MR) is 111 cm³/mol. The van der Waals surface area contributed by atoms with E-state index in [1.807, 2.05) is 22.6 Å². The second kappa shape index (κ2) is 9.94. The second-order valence-electron chi connectivity index (χ2n) is 6.33. The van der Waals surface area contributed by atoms with E-state index in [1.54, 1.807) is 0 Å². The van der Waals surface area contributed by atoms with Crippen molar-refractivity contribution in [3.8, 4) is 0 Å². The molecule has 1 radical (unpaired) electrons. The first-order valence-corrected chi connectivity index (χ1v) is 10.5. The fourth-order valence-corrected chi connectivity index (χ4v) is 4.18. The first kappa shape index (κ1) is 25.0. The molecule has 1 saturated heterocycles. The van der Waals surface area contributed by atoms with E-state index in [-0.39, 0.29) is 11.3 Å². The van der Waals surface area contributed by atoms with Crippen LogP contribution < -0.4 is 16.7 Å². The van der Waals surface area contributed by atoms with Gasteiger partial charge in [-0.05, 0) is 17.7 Å². The zero-order valence-corrected chi connectivity index (χ0v) is 18.4. The average Bonchev–Trinajstić information content (AvgIpc) is 2.66. The SMILES string of the molecule is N/C(=C(/[B]CO)C(=O)NPN1CC(F)(F)C1)N(N)[C@@H](I)c1ccc(C(F)(F)F)cc1. The lowest BCUT2D eigenvalue weighted by Gasteiger charge is -2.38. The fraction of sp³-hybridized carbons (Fsp3) is 0.400. The molecular formula is C15H18BF5IN5O2P. The molecule has 1 amide bonds. The van der Waals surface area contributed by atoms with Crippen molar-refractivity contribution in [1.29, 1.82) is 0 Å². The minimum absolute atomic E-state index is 0.187. The highest BCUT2D eigenvalue weighted by atomic mass is 127. The lowest BCUT2D eigenvalue weighted by molar-refractivity contribution is -0.137. The van der Waals surface area contributed by atoms with Gasteiger partial charge in [0, 0.05) is 12.0 Å². The van der Waals surface area contributed by atoms with Crippen LogP contribution in [0.4, 0.5) is 22.0 Å². The average molecular weight is 564 g/mol. The van der Waals surface area contributed by atoms with Crippen LogP contribution in [0.2, 0.25) is 0 Å². The van der Waals surface area contributed by atoms with E-state index >= 15 is 0 Å². The van der Waals surface area contributed by atoms with E-state index in [0.29, 0.717) is 5.56 Å². The van der Waals surface area contributed by atoms with Gasteiger partial charge in [0.05, 0.1) is 27.5 Å². The monoisotopic (exact) mass is 564 g/mol. The molecule has 1 aliphatic rings. The Balaban J connectivity index is 2.10. The van der Waals surface area contributed by atoms with Gasteiger partial charge in [0.25, 0.3) is 5.92 Å². The van der Waals surface area contributed by atoms with Gasteiger partial charge in [0.1, 0.15) is 9.87 Å². The summed E-state index contributed by atoms with van der Waals surface area (Å²) in [4.78, 5) is 12.4. The number of nitrogens with one attached hydrogen (secondary N) is 1. The maximum absolute atomic E-state index is 12.9. The molecule has 0 saturated carbocycles. The number of hydrazine groups is 1. The van der Waals surface area contributed by atoms with Gasteiger partial charge in [-0.1, -0.05) is 34.7 Å². The highest BCUT2D eigenvalue weighted by Crippen LogP contribution is 2.34. The molecule has 1 aliphatic heterocycles. The Morgan fingerprint density at radius 1 is 1.37 bits per heavy atom. The molecule has 1 fully saturated rings. The molecule has 15 heteroatoms. The van der Waals surface area contributed by atoms with Crippen molar-refractivity contribution in [2.45, 2.75) is 16.1 Å². The van der Waals surface area contributed by atoms with Gasteiger partial charge < -0.3 is 15.9 Å². The van der Waals surface area contributed by atoms with E-state index in [1.165, 1.54) is 16.8 Å². The highest BCUT2D eigenvalue weighted by molar-refractivity contribution is 14.1. The minimum Gasteiger partial charge on any atom is -0.405 e. The van der Waals surface area contributed by atoms with Gasteiger partial charge >= 0.3 is 6.18 Å². The van der Waals surface area contributed by atoms with Gasteiger partial charge in [-0.2, -0.15) is 13.2 Å². The van der Waals surface area contributed by atoms with Crippen LogP contribution in [0.3, 0.4) is 0 Å². The fourth-order valence-electron chi connectivity index (χ4n) is 2.45. The predicted octanol–water partition coefficient (Wildman–Crippen LogP) is 1.67. The number of aliphatic hydroxyl groups excluding tert-OH is 1. The third kappa shape index (κ3) is 6.39. The summed E-state index contributed by atoms with van der Waals surface area (Å²) in [5, 5.41) is 12.6. The first-order valence-electron chi connectivity index (χ1n) is 8.33. The Morgan fingerprint density at radius 3 is 2.40 bits per heavy atom. The van der Waals surface area contributed by atoms with Crippen molar-refractivity contribution < 1.29 is 31.9 Å². The lowest BCUT2D eigenvalue weighted by Crippen LogP contribution is -2.53. The van der Waals surface area contributed by atoms with Crippen LogP contribution in [0.1, 0.15) is 15.2 Å². The van der Waals surface area contributed by atoms with Crippen LogP contribution in [-0.4, -0.2) is 53.5 Å². The first-order chi connectivity index (χ1) is 13.9. The van der Waals surface area contributed by atoms with Gasteiger partial charge in [-0.25, -0.2) is 14.6 Å². The van der Waals surface area contributed by atoms with Gasteiger partial charge in [-0.3, -0.25) is 14.5 Å². The van der Waals surface area contributed by atoms with E-state index in [0.717, 1.165) is 24.4 Å². The van der Waals surface area contributed by atoms with Crippen LogP contribution in [0.5, 0.6) is 0 Å². The van der Waals surface area contributed by atoms with Crippen molar-refractivity contribution in [3.63, 3.8) is 0 Å². The summed E-state index contributed by atoms with van der Waals surface area (Å²) >= 11 is 1.82. The molecule has 1 heterocycles. The summed E-state index contributed by atoms with van der Waals surface area (Å²) in [6.07, 6.45) is -4.48. The summed E-state index contributed by atoms with van der Waals surface area (Å²) in [7, 11) is 0.671. The minimum atomic E-state index is -4.48. The Labute approximate surface area is 185 Å². The van der Waals surface area contributed by atoms with Crippen LogP contribution in [0, 0.1) is 0 Å². The summed E-state index contributed by atoms with van der Waals surface area (Å²) in [6.45, 7) is -1.50. The Hall–Kier alpha value is -1.22. The largest absolute Gasteiger partial charge is 0.416 e. The normalized spacial score (nSPS) is 18.5. The van der Waals surface area contributed by atoms with Crippen molar-refractivity contribution in [2.75, 3.05) is 19.6 Å². The molecule has 1 aromatic carbocycles. The number of halogens is 6. The standard InChI is InChI=1S/C15H18BF5IN5O2P/c17-14(18)5-26(6-14)30-25-13(29)10(16-7-28)12(23)27(24)11(22)8-1-3-9(4-2-8)15(19,20)21/h1-4,11,28,30H,5-7,23-24H2,(H,25,29)/b12-10-/t11-/m1/s1. The molecule has 0 aromatic heterocycles. The number of nitrogens with two attached hydrogens (primary N) is 2. The molecule has 2 atom stereocenters. The summed E-state index contributed by atoms with van der Waals surface area (Å²) in [5.41, 5.74) is 5.32. The molecule has 165 valence electrons. The third-order valence-electron chi connectivity index (χ3n) is 4.02. The van der Waals surface area contributed by atoms with Crippen LogP contribution in [-0.2, 0) is 11.0 Å². The molecule has 1 aromatic rings. The number of amides is 1. The van der Waals surface area contributed by atoms with E-state index in [4.69, 9.17) is 11.6 Å². The topological polar surface area (TPSA) is 108 Å². The van der Waals surface area contributed by atoms with Crippen molar-refractivity contribution in [2.24, 2.45) is 11.6 Å². The molecule has 7 nitrogen and oxygen atoms in total. The Kier molecular flexibility index (Phi) is 8.30. The molecule has 1 unspecified atom stereocenters.